The first-order valence-electron chi connectivity index (χ1n) is 12.7. The maximum atomic E-state index is 13.2. The Kier molecular flexibility index (Phi) is 7.36. The van der Waals surface area contributed by atoms with Crippen LogP contribution in [0.5, 0.6) is 5.75 Å². The first kappa shape index (κ1) is 26.4. The number of urea groups is 1. The Morgan fingerprint density at radius 3 is 2.18 bits per heavy atom. The van der Waals surface area contributed by atoms with Gasteiger partial charge in [0, 0.05) is 55.4 Å². The van der Waals surface area contributed by atoms with Crippen molar-refractivity contribution in [2.24, 2.45) is 11.3 Å². The summed E-state index contributed by atoms with van der Waals surface area (Å²) in [6.07, 6.45) is -4.70. The lowest BCUT2D eigenvalue weighted by Gasteiger charge is -2.52. The van der Waals surface area contributed by atoms with Gasteiger partial charge >= 0.3 is 12.4 Å². The Morgan fingerprint density at radius 1 is 0.897 bits per heavy atom. The van der Waals surface area contributed by atoms with Crippen molar-refractivity contribution in [1.29, 1.82) is 0 Å². The van der Waals surface area contributed by atoms with Gasteiger partial charge in [0.1, 0.15) is 5.75 Å². The fourth-order valence-corrected chi connectivity index (χ4v) is 5.41. The maximum absolute atomic E-state index is 13.2. The number of ether oxygens (including phenoxy) is 1. The van der Waals surface area contributed by atoms with E-state index >= 15 is 0 Å². The number of hydrogen-bond donors (Lipinski definition) is 2. The van der Waals surface area contributed by atoms with E-state index in [0.29, 0.717) is 30.9 Å². The van der Waals surface area contributed by atoms with Gasteiger partial charge < -0.3 is 25.2 Å². The molecule has 2 fully saturated rings. The lowest BCUT2D eigenvalue weighted by molar-refractivity contribution is -0.274. The van der Waals surface area contributed by atoms with Crippen LogP contribution in [0.15, 0.2) is 84.9 Å². The average molecular weight is 539 g/mol. The second-order valence-electron chi connectivity index (χ2n) is 10.1. The van der Waals surface area contributed by atoms with E-state index in [2.05, 4.69) is 32.4 Å². The molecule has 0 aliphatic carbocycles. The number of benzene rings is 3. The van der Waals surface area contributed by atoms with E-state index in [1.54, 1.807) is 0 Å². The number of rotatable bonds is 7. The van der Waals surface area contributed by atoms with Crippen LogP contribution in [0.2, 0.25) is 0 Å². The summed E-state index contributed by atoms with van der Waals surface area (Å²) >= 11 is 0. The van der Waals surface area contributed by atoms with Gasteiger partial charge in [-0.2, -0.15) is 0 Å². The topological polar surface area (TPSA) is 73.9 Å². The number of nitrogens with one attached hydrogen (secondary N) is 2. The molecule has 1 atom stereocenters. The standard InChI is InChI=1S/C29H29F3N4O3/c30-29(31,32)39-25-13-11-21(12-14-25)15-26(37)35-17-22(16-33-27(38)34-23-7-3-1-4-8-23)28(18-35)19-36(20-28)24-9-5-2-6-10-24/h1-14,22H,15-20H2,(H2,33,34,38). The second-order valence-corrected chi connectivity index (χ2v) is 10.1. The molecule has 0 aromatic heterocycles. The van der Waals surface area contributed by atoms with Crippen molar-refractivity contribution in [2.45, 2.75) is 12.8 Å². The third kappa shape index (κ3) is 6.45. The van der Waals surface area contributed by atoms with Crippen LogP contribution in [-0.4, -0.2) is 55.9 Å². The largest absolute Gasteiger partial charge is 0.573 e. The minimum Gasteiger partial charge on any atom is -0.406 e. The molecule has 3 aromatic carbocycles. The van der Waals surface area contributed by atoms with Crippen molar-refractivity contribution in [1.82, 2.24) is 10.2 Å². The SMILES string of the molecule is O=C(NCC1CN(C(=O)Cc2ccc(OC(F)(F)F)cc2)CC12CN(c1ccccc1)C2)Nc1ccccc1. The summed E-state index contributed by atoms with van der Waals surface area (Å²) < 4.78 is 41.3. The number of hydrogen-bond acceptors (Lipinski definition) is 4. The monoisotopic (exact) mass is 538 g/mol. The number of likely N-dealkylation sites (tertiary alicyclic amines) is 1. The lowest BCUT2D eigenvalue weighted by atomic mass is 9.71. The van der Waals surface area contributed by atoms with Gasteiger partial charge in [0.2, 0.25) is 5.91 Å². The van der Waals surface area contributed by atoms with Crippen molar-refractivity contribution < 1.29 is 27.5 Å². The summed E-state index contributed by atoms with van der Waals surface area (Å²) in [4.78, 5) is 29.9. The summed E-state index contributed by atoms with van der Waals surface area (Å²) in [5.74, 6) is -0.382. The zero-order valence-electron chi connectivity index (χ0n) is 21.2. The number of halogens is 3. The third-order valence-corrected chi connectivity index (χ3v) is 7.35. The van der Waals surface area contributed by atoms with Gasteiger partial charge in [0.05, 0.1) is 6.42 Å². The number of carbonyl (C=O) groups excluding carboxylic acids is 2. The molecule has 39 heavy (non-hydrogen) atoms. The molecule has 2 N–H and O–H groups in total. The van der Waals surface area contributed by atoms with Gasteiger partial charge in [-0.05, 0) is 42.0 Å². The van der Waals surface area contributed by atoms with Crippen LogP contribution in [0.4, 0.5) is 29.3 Å². The number of anilines is 2. The Bertz CT molecular complexity index is 1280. The van der Waals surface area contributed by atoms with Crippen molar-refractivity contribution in [3.05, 3.63) is 90.5 Å². The highest BCUT2D eigenvalue weighted by atomic mass is 19.4. The highest BCUT2D eigenvalue weighted by molar-refractivity contribution is 5.89. The Labute approximate surface area is 224 Å². The molecular formula is C29H29F3N4O3. The summed E-state index contributed by atoms with van der Waals surface area (Å²) in [5.41, 5.74) is 2.24. The first-order valence-corrected chi connectivity index (χ1v) is 12.7. The zero-order valence-corrected chi connectivity index (χ0v) is 21.2. The number of carbonyl (C=O) groups is 2. The number of nitrogens with zero attached hydrogens (tertiary/aromatic N) is 2. The van der Waals surface area contributed by atoms with Crippen LogP contribution < -0.4 is 20.3 Å². The molecule has 2 aliphatic heterocycles. The predicted octanol–water partition coefficient (Wildman–Crippen LogP) is 4.91. The van der Waals surface area contributed by atoms with Crippen molar-refractivity contribution >= 4 is 23.3 Å². The van der Waals surface area contributed by atoms with Crippen LogP contribution in [0.25, 0.3) is 0 Å². The Hall–Kier alpha value is -4.21. The van der Waals surface area contributed by atoms with Crippen molar-refractivity contribution in [2.75, 3.05) is 42.9 Å². The molecule has 1 unspecified atom stereocenters. The van der Waals surface area contributed by atoms with Gasteiger partial charge in [0.15, 0.2) is 0 Å². The quantitative estimate of drug-likeness (QED) is 0.448. The van der Waals surface area contributed by atoms with Crippen molar-refractivity contribution in [3.8, 4) is 5.75 Å². The summed E-state index contributed by atoms with van der Waals surface area (Å²) in [7, 11) is 0. The van der Waals surface area contributed by atoms with Crippen molar-refractivity contribution in [3.63, 3.8) is 0 Å². The summed E-state index contributed by atoms with van der Waals surface area (Å²) in [6.45, 7) is 2.97. The van der Waals surface area contributed by atoms with Crippen LogP contribution in [0.1, 0.15) is 5.56 Å². The molecule has 2 saturated heterocycles. The zero-order chi connectivity index (χ0) is 27.5. The predicted molar refractivity (Wildman–Crippen MR) is 141 cm³/mol. The molecule has 0 radical (unpaired) electrons. The molecule has 0 saturated carbocycles. The average Bonchev–Trinajstić information content (AvgIpc) is 3.28. The van der Waals surface area contributed by atoms with Crippen LogP contribution >= 0.6 is 0 Å². The van der Waals surface area contributed by atoms with Crippen LogP contribution in [-0.2, 0) is 11.2 Å². The highest BCUT2D eigenvalue weighted by Gasteiger charge is 2.55. The van der Waals surface area contributed by atoms with E-state index in [0.717, 1.165) is 18.8 Å². The maximum Gasteiger partial charge on any atom is 0.573 e. The van der Waals surface area contributed by atoms with Gasteiger partial charge in [-0.15, -0.1) is 13.2 Å². The van der Waals surface area contributed by atoms with Gasteiger partial charge in [-0.3, -0.25) is 4.79 Å². The number of alkyl halides is 3. The third-order valence-electron chi connectivity index (χ3n) is 7.35. The molecule has 5 rings (SSSR count). The minimum atomic E-state index is -4.77. The molecule has 3 aromatic rings. The fourth-order valence-electron chi connectivity index (χ4n) is 5.41. The molecule has 204 valence electrons. The Morgan fingerprint density at radius 2 is 1.54 bits per heavy atom. The van der Waals surface area contributed by atoms with Gasteiger partial charge in [-0.25, -0.2) is 4.79 Å². The molecule has 10 heteroatoms. The summed E-state index contributed by atoms with van der Waals surface area (Å²) in [5, 5.41) is 5.80. The first-order chi connectivity index (χ1) is 18.7. The number of amides is 3. The smallest absolute Gasteiger partial charge is 0.406 e. The Balaban J connectivity index is 1.23. The van der Waals surface area contributed by atoms with Crippen LogP contribution in [0, 0.1) is 11.3 Å². The molecule has 2 aliphatic rings. The van der Waals surface area contributed by atoms with Gasteiger partial charge in [0.25, 0.3) is 0 Å². The normalized spacial score (nSPS) is 18.0. The summed E-state index contributed by atoms with van der Waals surface area (Å²) in [6, 6.07) is 24.3. The molecular weight excluding hydrogens is 509 g/mol. The molecule has 3 amide bonds. The molecule has 0 bridgehead atoms. The van der Waals surface area contributed by atoms with E-state index in [4.69, 9.17) is 0 Å². The highest BCUT2D eigenvalue weighted by Crippen LogP contribution is 2.45. The van der Waals surface area contributed by atoms with E-state index in [9.17, 15) is 22.8 Å². The molecule has 7 nitrogen and oxygen atoms in total. The lowest BCUT2D eigenvalue weighted by Crippen LogP contribution is -2.62. The number of para-hydroxylation sites is 2. The van der Waals surface area contributed by atoms with Crippen LogP contribution in [0.3, 0.4) is 0 Å². The van der Waals surface area contributed by atoms with E-state index in [-0.39, 0.29) is 35.4 Å². The molecule has 2 heterocycles. The van der Waals surface area contributed by atoms with E-state index < -0.39 is 6.36 Å². The van der Waals surface area contributed by atoms with E-state index in [1.165, 1.54) is 24.3 Å². The van der Waals surface area contributed by atoms with E-state index in [1.807, 2.05) is 53.4 Å². The minimum absolute atomic E-state index is 0.0468. The second kappa shape index (κ2) is 10.9. The van der Waals surface area contributed by atoms with Gasteiger partial charge in [-0.1, -0.05) is 48.5 Å². The fraction of sp³-hybridized carbons (Fsp3) is 0.310. The molecule has 1 spiro atoms.